The van der Waals surface area contributed by atoms with E-state index in [2.05, 4.69) is 15.2 Å². The number of rotatable bonds is 5. The van der Waals surface area contributed by atoms with Crippen molar-refractivity contribution in [1.29, 1.82) is 0 Å². The van der Waals surface area contributed by atoms with E-state index in [0.29, 0.717) is 0 Å². The minimum Gasteiger partial charge on any atom is -0.366 e. The van der Waals surface area contributed by atoms with Crippen LogP contribution < -0.4 is 5.73 Å². The average Bonchev–Trinajstić information content (AvgIpc) is 3.41. The summed E-state index contributed by atoms with van der Waals surface area (Å²) in [5.74, 6) is -5.44. The second-order valence-corrected chi connectivity index (χ2v) is 8.09. The van der Waals surface area contributed by atoms with Gasteiger partial charge in [0, 0.05) is 35.9 Å². The predicted octanol–water partition coefficient (Wildman–Crippen LogP) is 5.50. The molecule has 3 heterocycles. The number of aromatic nitrogens is 5. The molecular weight excluding hydrogens is 467 g/mol. The number of halogens is 5. The van der Waals surface area contributed by atoms with Crippen LogP contribution in [0.25, 0.3) is 27.9 Å². The van der Waals surface area contributed by atoms with Crippen LogP contribution in [0.3, 0.4) is 0 Å². The molecular formula is C24H17F5N6. The van der Waals surface area contributed by atoms with E-state index >= 15 is 4.39 Å². The van der Waals surface area contributed by atoms with Gasteiger partial charge in [-0.1, -0.05) is 30.3 Å². The van der Waals surface area contributed by atoms with Gasteiger partial charge in [0.05, 0.1) is 6.20 Å². The van der Waals surface area contributed by atoms with Gasteiger partial charge in [-0.15, -0.1) is 5.10 Å². The molecule has 35 heavy (non-hydrogen) atoms. The van der Waals surface area contributed by atoms with E-state index in [0.717, 1.165) is 34.3 Å². The maximum absolute atomic E-state index is 15.6. The Labute approximate surface area is 195 Å². The zero-order chi connectivity index (χ0) is 24.9. The molecule has 3 aromatic heterocycles. The molecule has 0 amide bonds. The smallest absolute Gasteiger partial charge is 0.271 e. The summed E-state index contributed by atoms with van der Waals surface area (Å²) in [6.07, 6.45) is 2.55. The second-order valence-electron chi connectivity index (χ2n) is 8.09. The van der Waals surface area contributed by atoms with Crippen molar-refractivity contribution >= 4 is 11.6 Å². The Morgan fingerprint density at radius 1 is 0.943 bits per heavy atom. The number of nitrogens with zero attached hydrogens (tertiary/aromatic N) is 5. The number of hydrogen-bond acceptors (Lipinski definition) is 4. The van der Waals surface area contributed by atoms with Crippen molar-refractivity contribution in [1.82, 2.24) is 24.4 Å². The van der Waals surface area contributed by atoms with Crippen LogP contribution in [-0.2, 0) is 0 Å². The van der Waals surface area contributed by atoms with Crippen molar-refractivity contribution in [2.45, 2.75) is 18.9 Å². The Morgan fingerprint density at radius 3 is 2.31 bits per heavy atom. The Balaban J connectivity index is 1.57. The summed E-state index contributed by atoms with van der Waals surface area (Å²) >= 11 is 0. The molecule has 0 aliphatic carbocycles. The number of benzene rings is 2. The van der Waals surface area contributed by atoms with Crippen molar-refractivity contribution in [3.63, 3.8) is 0 Å². The second kappa shape index (κ2) is 8.19. The lowest BCUT2D eigenvalue weighted by Crippen LogP contribution is -2.29. The number of anilines is 1. The van der Waals surface area contributed by atoms with Crippen molar-refractivity contribution < 1.29 is 22.0 Å². The SMILES string of the molecule is CC(F)(F)[C@@H](c1ccc(F)cc1)n1cc(-c2cccc(-c3cc(F)n4nc(N)nc4c3)c2F)cn1. The number of fused-ring (bicyclic) bond motifs is 1. The first-order valence-electron chi connectivity index (χ1n) is 10.4. The summed E-state index contributed by atoms with van der Waals surface area (Å²) in [5, 5.41) is 7.77. The van der Waals surface area contributed by atoms with Gasteiger partial charge in [-0.25, -0.2) is 17.6 Å². The third-order valence-electron chi connectivity index (χ3n) is 5.56. The van der Waals surface area contributed by atoms with Gasteiger partial charge in [-0.3, -0.25) is 4.68 Å². The van der Waals surface area contributed by atoms with E-state index < -0.39 is 29.5 Å². The third kappa shape index (κ3) is 4.09. The molecule has 0 saturated heterocycles. The standard InChI is InChI=1S/C24H17F5N6/c1-24(28,29)22(13-5-7-16(25)8-6-13)34-12-15(11-31-34)18-4-2-3-17(21(18)27)14-9-19(26)35-20(10-14)32-23(30)33-35/h2-12,22H,1H3,(H2,30,33)/t22-/m1/s1. The molecule has 0 radical (unpaired) electrons. The Bertz CT molecular complexity index is 1530. The summed E-state index contributed by atoms with van der Waals surface area (Å²) in [7, 11) is 0. The van der Waals surface area contributed by atoms with E-state index in [9.17, 15) is 17.6 Å². The Morgan fingerprint density at radius 2 is 1.63 bits per heavy atom. The summed E-state index contributed by atoms with van der Waals surface area (Å²) in [6.45, 7) is 0.728. The molecule has 1 atom stereocenters. The lowest BCUT2D eigenvalue weighted by Gasteiger charge is -2.24. The first-order chi connectivity index (χ1) is 16.6. The van der Waals surface area contributed by atoms with Crippen molar-refractivity contribution in [2.75, 3.05) is 5.73 Å². The topological polar surface area (TPSA) is 74.0 Å². The first kappa shape index (κ1) is 22.5. The normalized spacial score (nSPS) is 12.9. The molecule has 0 aliphatic heterocycles. The van der Waals surface area contributed by atoms with Crippen LogP contribution in [0, 0.1) is 17.6 Å². The maximum Gasteiger partial charge on any atom is 0.271 e. The van der Waals surface area contributed by atoms with Crippen LogP contribution in [0.1, 0.15) is 18.5 Å². The lowest BCUT2D eigenvalue weighted by molar-refractivity contribution is -0.0217. The zero-order valence-corrected chi connectivity index (χ0v) is 18.1. The fraction of sp³-hybridized carbons (Fsp3) is 0.125. The molecule has 0 spiro atoms. The van der Waals surface area contributed by atoms with Crippen LogP contribution in [-0.4, -0.2) is 30.3 Å². The van der Waals surface area contributed by atoms with Crippen LogP contribution in [0.2, 0.25) is 0 Å². The highest BCUT2D eigenvalue weighted by Gasteiger charge is 2.37. The molecule has 178 valence electrons. The largest absolute Gasteiger partial charge is 0.366 e. The van der Waals surface area contributed by atoms with E-state index in [4.69, 9.17) is 5.73 Å². The molecule has 5 aromatic rings. The minimum atomic E-state index is -3.26. The van der Waals surface area contributed by atoms with Crippen molar-refractivity contribution in [3.8, 4) is 22.3 Å². The molecule has 2 aromatic carbocycles. The zero-order valence-electron chi connectivity index (χ0n) is 18.1. The van der Waals surface area contributed by atoms with Gasteiger partial charge in [0.15, 0.2) is 5.65 Å². The summed E-state index contributed by atoms with van der Waals surface area (Å²) in [6, 6.07) is 10.1. The van der Waals surface area contributed by atoms with Gasteiger partial charge in [-0.05, 0) is 29.3 Å². The lowest BCUT2D eigenvalue weighted by atomic mass is 9.99. The Kier molecular flexibility index (Phi) is 5.27. The molecule has 11 heteroatoms. The molecule has 0 bridgehead atoms. The molecule has 5 rings (SSSR count). The van der Waals surface area contributed by atoms with Gasteiger partial charge < -0.3 is 5.73 Å². The Hall–Kier alpha value is -4.28. The number of hydrogen-bond donors (Lipinski definition) is 1. The fourth-order valence-corrected chi connectivity index (χ4v) is 4.04. The van der Waals surface area contributed by atoms with E-state index in [1.165, 1.54) is 42.7 Å². The number of nitrogen functional groups attached to an aromatic ring is 1. The van der Waals surface area contributed by atoms with Crippen LogP contribution in [0.5, 0.6) is 0 Å². The fourth-order valence-electron chi connectivity index (χ4n) is 4.04. The predicted molar refractivity (Wildman–Crippen MR) is 119 cm³/mol. The van der Waals surface area contributed by atoms with Crippen LogP contribution in [0.15, 0.2) is 67.0 Å². The molecule has 6 nitrogen and oxygen atoms in total. The molecule has 0 saturated carbocycles. The van der Waals surface area contributed by atoms with Crippen LogP contribution in [0.4, 0.5) is 27.9 Å². The number of pyridine rings is 1. The third-order valence-corrected chi connectivity index (χ3v) is 5.56. The molecule has 0 aliphatic rings. The van der Waals surface area contributed by atoms with E-state index in [1.54, 1.807) is 6.07 Å². The highest BCUT2D eigenvalue weighted by atomic mass is 19.3. The highest BCUT2D eigenvalue weighted by molar-refractivity contribution is 5.75. The molecule has 0 fully saturated rings. The van der Waals surface area contributed by atoms with Crippen molar-refractivity contribution in [3.05, 3.63) is 90.1 Å². The molecule has 0 unspecified atom stereocenters. The average molecular weight is 484 g/mol. The van der Waals surface area contributed by atoms with Gasteiger partial charge >= 0.3 is 0 Å². The maximum atomic E-state index is 15.6. The summed E-state index contributed by atoms with van der Waals surface area (Å²) in [4.78, 5) is 3.91. The van der Waals surface area contributed by atoms with E-state index in [1.807, 2.05) is 0 Å². The molecule has 2 N–H and O–H groups in total. The van der Waals surface area contributed by atoms with E-state index in [-0.39, 0.29) is 39.4 Å². The summed E-state index contributed by atoms with van der Waals surface area (Å²) < 4.78 is 74.3. The van der Waals surface area contributed by atoms with Gasteiger partial charge in [0.1, 0.15) is 17.7 Å². The minimum absolute atomic E-state index is 0.0640. The van der Waals surface area contributed by atoms with Gasteiger partial charge in [-0.2, -0.15) is 19.0 Å². The first-order valence-corrected chi connectivity index (χ1v) is 10.4. The highest BCUT2D eigenvalue weighted by Crippen LogP contribution is 2.37. The van der Waals surface area contributed by atoms with Crippen molar-refractivity contribution in [2.24, 2.45) is 0 Å². The van der Waals surface area contributed by atoms with Gasteiger partial charge in [0.25, 0.3) is 5.92 Å². The van der Waals surface area contributed by atoms with Gasteiger partial charge in [0.2, 0.25) is 11.9 Å². The number of nitrogens with two attached hydrogens (primary N) is 1. The quantitative estimate of drug-likeness (QED) is 0.264. The monoisotopic (exact) mass is 484 g/mol. The number of alkyl halides is 2. The summed E-state index contributed by atoms with van der Waals surface area (Å²) in [5.41, 5.74) is 6.32. The van der Waals surface area contributed by atoms with Crippen LogP contribution >= 0.6 is 0 Å².